The lowest BCUT2D eigenvalue weighted by Gasteiger charge is -2.24. The van der Waals surface area contributed by atoms with Crippen molar-refractivity contribution in [3.05, 3.63) is 84.4 Å². The van der Waals surface area contributed by atoms with Crippen LogP contribution in [0.3, 0.4) is 0 Å². The summed E-state index contributed by atoms with van der Waals surface area (Å²) in [5.41, 5.74) is 3.60. The SMILES string of the molecule is CCNC(=O)[C@H]1O[C@@H](n2cnc3c(NCC(c4ccccc4)c4ccccc4)ncnc32)[C@@H]2OC(C)(C)O[C@@H]21. The summed E-state index contributed by atoms with van der Waals surface area (Å²) in [5.74, 6) is -0.341. The second-order valence-corrected chi connectivity index (χ2v) is 10.2. The molecule has 0 unspecified atom stereocenters. The molecule has 0 bridgehead atoms. The van der Waals surface area contributed by atoms with E-state index < -0.39 is 30.3 Å². The molecular formula is C29H32N6O4. The number of hydrogen-bond acceptors (Lipinski definition) is 8. The molecule has 0 aliphatic carbocycles. The lowest BCUT2D eigenvalue weighted by Crippen LogP contribution is -2.42. The predicted molar refractivity (Wildman–Crippen MR) is 145 cm³/mol. The largest absolute Gasteiger partial charge is 0.367 e. The molecule has 10 nitrogen and oxygen atoms in total. The third-order valence-electron chi connectivity index (χ3n) is 7.15. The van der Waals surface area contributed by atoms with Gasteiger partial charge in [0.05, 0.1) is 6.33 Å². The number of imidazole rings is 1. The zero-order chi connectivity index (χ0) is 27.0. The van der Waals surface area contributed by atoms with Crippen LogP contribution >= 0.6 is 0 Å². The Balaban J connectivity index is 1.29. The summed E-state index contributed by atoms with van der Waals surface area (Å²) in [7, 11) is 0. The number of carbonyl (C=O) groups is 1. The maximum atomic E-state index is 12.8. The molecule has 0 radical (unpaired) electrons. The van der Waals surface area contributed by atoms with Gasteiger partial charge < -0.3 is 24.8 Å². The van der Waals surface area contributed by atoms with Gasteiger partial charge in [-0.2, -0.15) is 0 Å². The van der Waals surface area contributed by atoms with Crippen LogP contribution in [0.1, 0.15) is 44.0 Å². The number of benzene rings is 2. The van der Waals surface area contributed by atoms with E-state index in [4.69, 9.17) is 14.2 Å². The molecule has 4 atom stereocenters. The number of carbonyl (C=O) groups excluding carboxylic acids is 1. The molecule has 2 aromatic heterocycles. The normalized spacial score (nSPS) is 23.7. The standard InChI is InChI=1S/C29H32N6O4/c1-4-30-27(36)23-22-24(39-29(2,3)38-22)28(37-23)35-17-34-21-25(32-16-33-26(21)35)31-15-20(18-11-7-5-8-12-18)19-13-9-6-10-14-19/h5-14,16-17,20,22-24,28H,4,15H2,1-3H3,(H,30,36)(H,31,32,33)/t22-,23+,24-,28-/m1/s1. The Morgan fingerprint density at radius 2 is 1.64 bits per heavy atom. The highest BCUT2D eigenvalue weighted by molar-refractivity contribution is 5.83. The Labute approximate surface area is 226 Å². The molecule has 39 heavy (non-hydrogen) atoms. The molecule has 6 rings (SSSR count). The highest BCUT2D eigenvalue weighted by Crippen LogP contribution is 2.44. The molecule has 2 aliphatic heterocycles. The van der Waals surface area contributed by atoms with Gasteiger partial charge in [-0.25, -0.2) is 15.0 Å². The van der Waals surface area contributed by atoms with E-state index in [-0.39, 0.29) is 11.8 Å². The Morgan fingerprint density at radius 3 is 2.31 bits per heavy atom. The average molecular weight is 529 g/mol. The summed E-state index contributed by atoms with van der Waals surface area (Å²) < 4.78 is 20.3. The third-order valence-corrected chi connectivity index (χ3v) is 7.15. The minimum atomic E-state index is -0.843. The molecule has 4 heterocycles. The van der Waals surface area contributed by atoms with Crippen LogP contribution in [0.15, 0.2) is 73.3 Å². The van der Waals surface area contributed by atoms with Gasteiger partial charge in [0.2, 0.25) is 0 Å². The summed E-state index contributed by atoms with van der Waals surface area (Å²) in [4.78, 5) is 26.4. The maximum absolute atomic E-state index is 12.8. The fraction of sp³-hybridized carbons (Fsp3) is 0.379. The summed E-state index contributed by atoms with van der Waals surface area (Å²) in [6.45, 7) is 6.65. The zero-order valence-corrected chi connectivity index (χ0v) is 22.2. The number of nitrogens with zero attached hydrogens (tertiary/aromatic N) is 4. The van der Waals surface area contributed by atoms with Crippen LogP contribution in [0.25, 0.3) is 11.2 Å². The number of amides is 1. The van der Waals surface area contributed by atoms with Gasteiger partial charge in [-0.3, -0.25) is 9.36 Å². The van der Waals surface area contributed by atoms with Crippen molar-refractivity contribution in [2.24, 2.45) is 0 Å². The van der Waals surface area contributed by atoms with E-state index in [1.54, 1.807) is 10.9 Å². The van der Waals surface area contributed by atoms with Crippen LogP contribution < -0.4 is 10.6 Å². The Hall–Kier alpha value is -3.86. The fourth-order valence-electron chi connectivity index (χ4n) is 5.45. The summed E-state index contributed by atoms with van der Waals surface area (Å²) in [6.07, 6.45) is 0.664. The van der Waals surface area contributed by atoms with Gasteiger partial charge in [-0.1, -0.05) is 60.7 Å². The molecular weight excluding hydrogens is 496 g/mol. The molecule has 2 saturated heterocycles. The fourth-order valence-corrected chi connectivity index (χ4v) is 5.45. The number of fused-ring (bicyclic) bond motifs is 2. The molecule has 10 heteroatoms. The van der Waals surface area contributed by atoms with E-state index >= 15 is 0 Å². The minimum Gasteiger partial charge on any atom is -0.367 e. The van der Waals surface area contributed by atoms with Crippen LogP contribution in [-0.4, -0.2) is 62.6 Å². The minimum absolute atomic E-state index is 0.113. The first-order chi connectivity index (χ1) is 18.9. The van der Waals surface area contributed by atoms with Crippen molar-refractivity contribution in [3.63, 3.8) is 0 Å². The van der Waals surface area contributed by atoms with Crippen molar-refractivity contribution in [2.75, 3.05) is 18.4 Å². The van der Waals surface area contributed by atoms with Gasteiger partial charge in [0, 0.05) is 19.0 Å². The molecule has 1 amide bonds. The van der Waals surface area contributed by atoms with Crippen molar-refractivity contribution in [2.45, 2.75) is 57.0 Å². The van der Waals surface area contributed by atoms with Crippen LogP contribution in [0.2, 0.25) is 0 Å². The monoisotopic (exact) mass is 528 g/mol. The van der Waals surface area contributed by atoms with E-state index in [1.807, 2.05) is 32.9 Å². The second-order valence-electron chi connectivity index (χ2n) is 10.2. The molecule has 2 fully saturated rings. The molecule has 0 spiro atoms. The quantitative estimate of drug-likeness (QED) is 0.357. The first-order valence-corrected chi connectivity index (χ1v) is 13.3. The van der Waals surface area contributed by atoms with Gasteiger partial charge in [0.25, 0.3) is 5.91 Å². The highest BCUT2D eigenvalue weighted by Gasteiger charge is 2.58. The number of ether oxygens (including phenoxy) is 3. The topological polar surface area (TPSA) is 112 Å². The van der Waals surface area contributed by atoms with Crippen LogP contribution in [0.4, 0.5) is 5.82 Å². The van der Waals surface area contributed by atoms with E-state index in [2.05, 4.69) is 74.1 Å². The average Bonchev–Trinajstić information content (AvgIpc) is 3.61. The smallest absolute Gasteiger partial charge is 0.252 e. The Kier molecular flexibility index (Phi) is 6.76. The van der Waals surface area contributed by atoms with Gasteiger partial charge in [0.1, 0.15) is 18.5 Å². The summed E-state index contributed by atoms with van der Waals surface area (Å²) in [6, 6.07) is 20.8. The zero-order valence-electron chi connectivity index (χ0n) is 22.2. The second kappa shape index (κ2) is 10.4. The summed E-state index contributed by atoms with van der Waals surface area (Å²) in [5, 5.41) is 6.34. The summed E-state index contributed by atoms with van der Waals surface area (Å²) >= 11 is 0. The van der Waals surface area contributed by atoms with Crippen LogP contribution in [0.5, 0.6) is 0 Å². The van der Waals surface area contributed by atoms with Gasteiger partial charge in [-0.15, -0.1) is 0 Å². The Morgan fingerprint density at radius 1 is 0.974 bits per heavy atom. The molecule has 2 aromatic carbocycles. The van der Waals surface area contributed by atoms with Gasteiger partial charge >= 0.3 is 0 Å². The molecule has 202 valence electrons. The van der Waals surface area contributed by atoms with Crippen molar-refractivity contribution in [1.82, 2.24) is 24.8 Å². The molecule has 4 aromatic rings. The number of likely N-dealkylation sites (N-methyl/N-ethyl adjacent to an activating group) is 1. The lowest BCUT2D eigenvalue weighted by atomic mass is 9.91. The van der Waals surface area contributed by atoms with Crippen molar-refractivity contribution in [3.8, 4) is 0 Å². The number of anilines is 1. The number of hydrogen-bond donors (Lipinski definition) is 2. The first kappa shape index (κ1) is 25.4. The van der Waals surface area contributed by atoms with Gasteiger partial charge in [0.15, 0.2) is 35.1 Å². The Bertz CT molecular complexity index is 1400. The van der Waals surface area contributed by atoms with Crippen molar-refractivity contribution in [1.29, 1.82) is 0 Å². The first-order valence-electron chi connectivity index (χ1n) is 13.3. The molecule has 2 aliphatic rings. The predicted octanol–water partition coefficient (Wildman–Crippen LogP) is 3.62. The van der Waals surface area contributed by atoms with E-state index in [9.17, 15) is 4.79 Å². The molecule has 0 saturated carbocycles. The maximum Gasteiger partial charge on any atom is 0.252 e. The number of aromatic nitrogens is 4. The van der Waals surface area contributed by atoms with E-state index in [0.29, 0.717) is 30.1 Å². The van der Waals surface area contributed by atoms with Gasteiger partial charge in [-0.05, 0) is 31.9 Å². The number of rotatable bonds is 8. The third kappa shape index (κ3) is 4.87. The number of nitrogens with one attached hydrogen (secondary N) is 2. The van der Waals surface area contributed by atoms with Crippen molar-refractivity contribution < 1.29 is 19.0 Å². The van der Waals surface area contributed by atoms with E-state index in [0.717, 1.165) is 0 Å². The van der Waals surface area contributed by atoms with Crippen LogP contribution in [0, 0.1) is 0 Å². The highest BCUT2D eigenvalue weighted by atomic mass is 16.8. The molecule has 2 N–H and O–H groups in total. The lowest BCUT2D eigenvalue weighted by molar-refractivity contribution is -0.197. The van der Waals surface area contributed by atoms with E-state index in [1.165, 1.54) is 17.5 Å². The van der Waals surface area contributed by atoms with Crippen molar-refractivity contribution >= 4 is 22.9 Å². The van der Waals surface area contributed by atoms with Crippen LogP contribution in [-0.2, 0) is 19.0 Å².